The number of hydrogen-bond acceptors (Lipinski definition) is 4. The van der Waals surface area contributed by atoms with Gasteiger partial charge >= 0.3 is 12.1 Å². The maximum Gasteiger partial charge on any atom is 0.490 e. The monoisotopic (exact) mass is 382 g/mol. The van der Waals surface area contributed by atoms with Gasteiger partial charge in [-0.15, -0.1) is 0 Å². The second kappa shape index (κ2) is 8.61. The van der Waals surface area contributed by atoms with Crippen molar-refractivity contribution in [2.24, 2.45) is 5.92 Å². The maximum atomic E-state index is 12.3. The molecule has 5 nitrogen and oxygen atoms in total. The van der Waals surface area contributed by atoms with Gasteiger partial charge in [-0.05, 0) is 42.9 Å². The Labute approximate surface area is 146 Å². The van der Waals surface area contributed by atoms with E-state index in [-0.39, 0.29) is 18.3 Å². The highest BCUT2D eigenvalue weighted by molar-refractivity contribution is 5.73. The normalized spacial score (nSPS) is 24.3. The summed E-state index contributed by atoms with van der Waals surface area (Å²) in [5.41, 5.74) is 1.03. The number of ether oxygens (including phenoxy) is 1. The second-order valence-electron chi connectivity index (χ2n) is 6.24. The Bertz CT molecular complexity index is 608. The third-order valence-corrected chi connectivity index (χ3v) is 4.19. The molecule has 0 bridgehead atoms. The zero-order chi connectivity index (χ0) is 19.3. The van der Waals surface area contributed by atoms with Gasteiger partial charge in [0.05, 0.1) is 6.20 Å². The Morgan fingerprint density at radius 1 is 1.38 bits per heavy atom. The molecule has 3 rings (SSSR count). The van der Waals surface area contributed by atoms with E-state index < -0.39 is 18.6 Å². The van der Waals surface area contributed by atoms with Crippen molar-refractivity contribution in [2.45, 2.75) is 43.8 Å². The van der Waals surface area contributed by atoms with Crippen LogP contribution in [-0.4, -0.2) is 47.9 Å². The van der Waals surface area contributed by atoms with E-state index in [0.717, 1.165) is 30.7 Å². The number of rotatable bonds is 6. The Balaban J connectivity index is 0.000000298. The summed E-state index contributed by atoms with van der Waals surface area (Å²) in [4.78, 5) is 13.0. The number of pyridine rings is 1. The number of hydrogen-bond donors (Lipinski definition) is 2. The van der Waals surface area contributed by atoms with Crippen LogP contribution in [0.3, 0.4) is 0 Å². The van der Waals surface area contributed by atoms with E-state index >= 15 is 0 Å². The minimum Gasteiger partial charge on any atom is -0.490 e. The number of halogens is 5. The molecule has 2 fully saturated rings. The smallest absolute Gasteiger partial charge is 0.490 e. The van der Waals surface area contributed by atoms with Crippen LogP contribution in [0.5, 0.6) is 5.75 Å². The fraction of sp³-hybridized carbons (Fsp3) is 0.625. The van der Waals surface area contributed by atoms with Gasteiger partial charge in [0.15, 0.2) is 0 Å². The van der Waals surface area contributed by atoms with Gasteiger partial charge in [-0.2, -0.15) is 13.2 Å². The highest BCUT2D eigenvalue weighted by Gasteiger charge is 2.40. The van der Waals surface area contributed by atoms with Crippen molar-refractivity contribution in [2.75, 3.05) is 13.2 Å². The molecule has 0 aromatic carbocycles. The van der Waals surface area contributed by atoms with Crippen LogP contribution in [0.1, 0.15) is 30.7 Å². The standard InChI is InChI=1S/C14H18F2N2O.C2HF3O2/c15-14(16)5-9-4-13(9)10-3-12(7-17-6-10)19-8-11-1-2-18-11;3-2(4,5)1(6)7/h3,6-7,9,11,13-14,18H,1-2,4-5,8H2;(H,6,7)/t9-,11+,13+;/m1./s1. The molecule has 1 aromatic heterocycles. The van der Waals surface area contributed by atoms with Crippen molar-refractivity contribution in [3.05, 3.63) is 24.0 Å². The van der Waals surface area contributed by atoms with Crippen molar-refractivity contribution in [3.63, 3.8) is 0 Å². The summed E-state index contributed by atoms with van der Waals surface area (Å²) < 4.78 is 62.0. The lowest BCUT2D eigenvalue weighted by atomic mass is 10.1. The van der Waals surface area contributed by atoms with Gasteiger partial charge in [0, 0.05) is 18.7 Å². The molecule has 1 aliphatic heterocycles. The van der Waals surface area contributed by atoms with Crippen molar-refractivity contribution >= 4 is 5.97 Å². The van der Waals surface area contributed by atoms with Gasteiger partial charge in [0.25, 0.3) is 0 Å². The van der Waals surface area contributed by atoms with E-state index in [1.807, 2.05) is 6.07 Å². The molecule has 1 aromatic rings. The van der Waals surface area contributed by atoms with Gasteiger partial charge in [-0.25, -0.2) is 13.6 Å². The van der Waals surface area contributed by atoms with E-state index in [0.29, 0.717) is 12.6 Å². The quantitative estimate of drug-likeness (QED) is 0.740. The molecule has 0 amide bonds. The minimum atomic E-state index is -5.08. The maximum absolute atomic E-state index is 12.3. The van der Waals surface area contributed by atoms with Crippen molar-refractivity contribution < 1.29 is 36.6 Å². The summed E-state index contributed by atoms with van der Waals surface area (Å²) in [7, 11) is 0. The highest BCUT2D eigenvalue weighted by atomic mass is 19.4. The number of carboxylic acid groups (broad SMARTS) is 1. The number of carbonyl (C=O) groups is 1. The van der Waals surface area contributed by atoms with E-state index in [4.69, 9.17) is 14.6 Å². The second-order valence-corrected chi connectivity index (χ2v) is 6.24. The molecule has 2 N–H and O–H groups in total. The van der Waals surface area contributed by atoms with E-state index in [2.05, 4.69) is 10.3 Å². The summed E-state index contributed by atoms with van der Waals surface area (Å²) in [5, 5.41) is 10.4. The predicted molar refractivity (Wildman–Crippen MR) is 81.3 cm³/mol. The Morgan fingerprint density at radius 2 is 2.04 bits per heavy atom. The van der Waals surface area contributed by atoms with Gasteiger partial charge in [0.1, 0.15) is 12.4 Å². The Hall–Kier alpha value is -1.97. The first-order valence-corrected chi connectivity index (χ1v) is 8.06. The first kappa shape index (κ1) is 20.3. The lowest BCUT2D eigenvalue weighted by Crippen LogP contribution is -2.46. The van der Waals surface area contributed by atoms with E-state index in [1.165, 1.54) is 0 Å². The van der Waals surface area contributed by atoms with Crippen LogP contribution < -0.4 is 10.1 Å². The average molecular weight is 382 g/mol. The summed E-state index contributed by atoms with van der Waals surface area (Å²) in [6.45, 7) is 1.71. The molecular formula is C16H19F5N2O3. The van der Waals surface area contributed by atoms with Crippen LogP contribution in [-0.2, 0) is 4.79 Å². The summed E-state index contributed by atoms with van der Waals surface area (Å²) in [6.07, 6.45) is -1.84. The summed E-state index contributed by atoms with van der Waals surface area (Å²) in [5.74, 6) is -1.65. The Morgan fingerprint density at radius 3 is 2.54 bits per heavy atom. The molecule has 1 saturated heterocycles. The number of carboxylic acids is 1. The van der Waals surface area contributed by atoms with Crippen molar-refractivity contribution in [3.8, 4) is 5.75 Å². The summed E-state index contributed by atoms with van der Waals surface area (Å²) in [6, 6.07) is 2.39. The van der Waals surface area contributed by atoms with Crippen LogP contribution >= 0.6 is 0 Å². The van der Waals surface area contributed by atoms with Crippen LogP contribution in [0.15, 0.2) is 18.5 Å². The van der Waals surface area contributed by atoms with Crippen LogP contribution in [0, 0.1) is 5.92 Å². The van der Waals surface area contributed by atoms with Crippen molar-refractivity contribution in [1.29, 1.82) is 0 Å². The molecule has 1 saturated carbocycles. The van der Waals surface area contributed by atoms with E-state index in [9.17, 15) is 22.0 Å². The number of aromatic nitrogens is 1. The third kappa shape index (κ3) is 6.40. The van der Waals surface area contributed by atoms with Gasteiger partial charge in [0.2, 0.25) is 6.43 Å². The molecule has 26 heavy (non-hydrogen) atoms. The lowest BCUT2D eigenvalue weighted by Gasteiger charge is -2.27. The number of alkyl halides is 5. The molecule has 0 spiro atoms. The zero-order valence-corrected chi connectivity index (χ0v) is 13.7. The third-order valence-electron chi connectivity index (χ3n) is 4.19. The fourth-order valence-corrected chi connectivity index (χ4v) is 2.55. The number of nitrogens with zero attached hydrogens (tertiary/aromatic N) is 1. The first-order chi connectivity index (χ1) is 12.2. The Kier molecular flexibility index (Phi) is 6.74. The minimum absolute atomic E-state index is 0.00173. The topological polar surface area (TPSA) is 71.5 Å². The van der Waals surface area contributed by atoms with Gasteiger partial charge in [-0.1, -0.05) is 0 Å². The molecule has 10 heteroatoms. The molecule has 3 atom stereocenters. The molecule has 146 valence electrons. The van der Waals surface area contributed by atoms with Gasteiger partial charge < -0.3 is 15.2 Å². The zero-order valence-electron chi connectivity index (χ0n) is 13.7. The largest absolute Gasteiger partial charge is 0.490 e. The SMILES string of the molecule is FC(F)C[C@H]1C[C@@H]1c1cncc(OC[C@@H]2CCN2)c1.O=C(O)C(F)(F)F. The lowest BCUT2D eigenvalue weighted by molar-refractivity contribution is -0.192. The molecule has 1 aliphatic carbocycles. The van der Waals surface area contributed by atoms with Crippen molar-refractivity contribution in [1.82, 2.24) is 10.3 Å². The molecular weight excluding hydrogens is 363 g/mol. The van der Waals surface area contributed by atoms with Gasteiger partial charge in [-0.3, -0.25) is 4.98 Å². The first-order valence-electron chi connectivity index (χ1n) is 8.06. The highest BCUT2D eigenvalue weighted by Crippen LogP contribution is 2.50. The summed E-state index contributed by atoms with van der Waals surface area (Å²) >= 11 is 0. The van der Waals surface area contributed by atoms with E-state index in [1.54, 1.807) is 12.4 Å². The average Bonchev–Trinajstić information content (AvgIpc) is 3.24. The number of aliphatic carboxylic acids is 1. The van der Waals surface area contributed by atoms with Crippen LogP contribution in [0.2, 0.25) is 0 Å². The fourth-order valence-electron chi connectivity index (χ4n) is 2.55. The molecule has 2 aliphatic rings. The molecule has 0 radical (unpaired) electrons. The predicted octanol–water partition coefficient (Wildman–Crippen LogP) is 3.21. The molecule has 0 unspecified atom stereocenters. The number of nitrogens with one attached hydrogen (secondary N) is 1. The van der Waals surface area contributed by atoms with Crippen LogP contribution in [0.25, 0.3) is 0 Å². The molecule has 2 heterocycles. The van der Waals surface area contributed by atoms with Crippen LogP contribution in [0.4, 0.5) is 22.0 Å².